The van der Waals surface area contributed by atoms with Crippen molar-refractivity contribution >= 4 is 34.0 Å². The van der Waals surface area contributed by atoms with Crippen LogP contribution in [0, 0.1) is 13.8 Å². The van der Waals surface area contributed by atoms with Crippen molar-refractivity contribution in [3.63, 3.8) is 0 Å². The number of aromatic nitrogens is 3. The summed E-state index contributed by atoms with van der Waals surface area (Å²) in [7, 11) is 3.59. The highest BCUT2D eigenvalue weighted by Gasteiger charge is 2.15. The van der Waals surface area contributed by atoms with Crippen LogP contribution in [-0.2, 0) is 7.05 Å². The van der Waals surface area contributed by atoms with Crippen LogP contribution in [0.2, 0.25) is 5.15 Å². The molecule has 3 aromatic rings. The number of nitrogens with zero attached hydrogens (tertiary/aromatic N) is 3. The van der Waals surface area contributed by atoms with Crippen LogP contribution in [0.15, 0.2) is 24.7 Å². The van der Waals surface area contributed by atoms with Crippen molar-refractivity contribution in [2.24, 2.45) is 7.05 Å². The van der Waals surface area contributed by atoms with Gasteiger partial charge in [-0.3, -0.25) is 0 Å². The summed E-state index contributed by atoms with van der Waals surface area (Å²) in [6.45, 7) is 4.04. The van der Waals surface area contributed by atoms with Crippen molar-refractivity contribution in [3.05, 3.63) is 40.9 Å². The van der Waals surface area contributed by atoms with Crippen LogP contribution in [0.4, 0.5) is 11.4 Å². The zero-order chi connectivity index (χ0) is 15.9. The average molecular weight is 317 g/mol. The third-order valence-electron chi connectivity index (χ3n) is 3.82. The molecular formula is C16H17ClN4O. The first kappa shape index (κ1) is 14.7. The van der Waals surface area contributed by atoms with Gasteiger partial charge in [0.05, 0.1) is 25.2 Å². The zero-order valence-corrected chi connectivity index (χ0v) is 13.7. The number of hydrogen-bond acceptors (Lipinski definition) is 4. The zero-order valence-electron chi connectivity index (χ0n) is 12.9. The maximum atomic E-state index is 6.29. The number of anilines is 2. The maximum Gasteiger partial charge on any atom is 0.154 e. The fraction of sp³-hybridized carbons (Fsp3) is 0.250. The number of aryl methyl sites for hydroxylation is 2. The van der Waals surface area contributed by atoms with Crippen LogP contribution in [0.5, 0.6) is 5.75 Å². The SMILES string of the molecule is COc1ccc(C)c(Nc2c(Cl)ncc3c2ncn3C)c1C. The van der Waals surface area contributed by atoms with E-state index in [1.165, 1.54) is 0 Å². The van der Waals surface area contributed by atoms with E-state index < -0.39 is 0 Å². The highest BCUT2D eigenvalue weighted by atomic mass is 35.5. The summed E-state index contributed by atoms with van der Waals surface area (Å²) in [4.78, 5) is 8.67. The van der Waals surface area contributed by atoms with Crippen molar-refractivity contribution < 1.29 is 4.74 Å². The fourth-order valence-corrected chi connectivity index (χ4v) is 2.73. The Balaban J connectivity index is 2.17. The molecule has 0 saturated heterocycles. The van der Waals surface area contributed by atoms with Crippen LogP contribution in [-0.4, -0.2) is 21.6 Å². The van der Waals surface area contributed by atoms with Crippen LogP contribution >= 0.6 is 11.6 Å². The van der Waals surface area contributed by atoms with Gasteiger partial charge in [-0.2, -0.15) is 0 Å². The number of benzene rings is 1. The molecule has 0 aliphatic heterocycles. The first-order chi connectivity index (χ1) is 10.5. The number of ether oxygens (including phenoxy) is 1. The van der Waals surface area contributed by atoms with Gasteiger partial charge in [-0.1, -0.05) is 17.7 Å². The molecule has 22 heavy (non-hydrogen) atoms. The lowest BCUT2D eigenvalue weighted by Crippen LogP contribution is -2.01. The summed E-state index contributed by atoms with van der Waals surface area (Å²) in [5.41, 5.74) is 5.50. The van der Waals surface area contributed by atoms with E-state index in [0.717, 1.165) is 33.6 Å². The summed E-state index contributed by atoms with van der Waals surface area (Å²) in [6, 6.07) is 3.96. The number of halogens is 1. The van der Waals surface area contributed by atoms with Crippen LogP contribution in [0.3, 0.4) is 0 Å². The smallest absolute Gasteiger partial charge is 0.154 e. The Labute approximate surface area is 133 Å². The summed E-state index contributed by atoms with van der Waals surface area (Å²) in [5, 5.41) is 3.79. The minimum absolute atomic E-state index is 0.396. The van der Waals surface area contributed by atoms with Crippen LogP contribution < -0.4 is 10.1 Å². The molecule has 0 amide bonds. The third-order valence-corrected chi connectivity index (χ3v) is 4.11. The second kappa shape index (κ2) is 5.50. The summed E-state index contributed by atoms with van der Waals surface area (Å²) >= 11 is 6.29. The molecule has 0 aliphatic rings. The highest BCUT2D eigenvalue weighted by molar-refractivity contribution is 6.33. The van der Waals surface area contributed by atoms with Gasteiger partial charge in [0.15, 0.2) is 5.15 Å². The highest BCUT2D eigenvalue weighted by Crippen LogP contribution is 2.35. The second-order valence-corrected chi connectivity index (χ2v) is 5.58. The molecule has 2 heterocycles. The molecule has 0 spiro atoms. The molecule has 0 unspecified atom stereocenters. The molecule has 0 fully saturated rings. The third kappa shape index (κ3) is 2.27. The van der Waals surface area contributed by atoms with E-state index in [0.29, 0.717) is 10.8 Å². The Morgan fingerprint density at radius 1 is 1.18 bits per heavy atom. The lowest BCUT2D eigenvalue weighted by Gasteiger charge is -2.16. The first-order valence-electron chi connectivity index (χ1n) is 6.89. The van der Waals surface area contributed by atoms with Gasteiger partial charge in [0.2, 0.25) is 0 Å². The quantitative estimate of drug-likeness (QED) is 0.742. The number of pyridine rings is 1. The molecule has 1 N–H and O–H groups in total. The van der Waals surface area contributed by atoms with E-state index >= 15 is 0 Å². The molecule has 0 atom stereocenters. The van der Waals surface area contributed by atoms with Crippen LogP contribution in [0.25, 0.3) is 11.0 Å². The molecule has 0 saturated carbocycles. The molecule has 6 heteroatoms. The maximum absolute atomic E-state index is 6.29. The van der Waals surface area contributed by atoms with Gasteiger partial charge < -0.3 is 14.6 Å². The van der Waals surface area contributed by atoms with Crippen molar-refractivity contribution in [2.75, 3.05) is 12.4 Å². The number of nitrogens with one attached hydrogen (secondary N) is 1. The standard InChI is InChI=1S/C16H17ClN4O/c1-9-5-6-12(22-4)10(2)13(9)20-15-14-11(7-18-16(15)17)21(3)8-19-14/h5-8,20H,1-4H3. The molecule has 5 nitrogen and oxygen atoms in total. The normalized spacial score (nSPS) is 11.0. The molecule has 2 aromatic heterocycles. The Kier molecular flexibility index (Phi) is 3.66. The van der Waals surface area contributed by atoms with Gasteiger partial charge in [0, 0.05) is 18.3 Å². The number of methoxy groups -OCH3 is 1. The summed E-state index contributed by atoms with van der Waals surface area (Å²) in [6.07, 6.45) is 3.47. The predicted octanol–water partition coefficient (Wildman–Crippen LogP) is 3.99. The fourth-order valence-electron chi connectivity index (χ4n) is 2.54. The number of hydrogen-bond donors (Lipinski definition) is 1. The lowest BCUT2D eigenvalue weighted by molar-refractivity contribution is 0.412. The molecule has 0 bridgehead atoms. The Bertz CT molecular complexity index is 857. The minimum atomic E-state index is 0.396. The number of rotatable bonds is 3. The first-order valence-corrected chi connectivity index (χ1v) is 7.27. The molecule has 0 radical (unpaired) electrons. The second-order valence-electron chi connectivity index (χ2n) is 5.22. The van der Waals surface area contributed by atoms with Gasteiger partial charge in [-0.15, -0.1) is 0 Å². The van der Waals surface area contributed by atoms with Gasteiger partial charge in [-0.25, -0.2) is 9.97 Å². The average Bonchev–Trinajstić information content (AvgIpc) is 2.87. The van der Waals surface area contributed by atoms with Crippen molar-refractivity contribution in [2.45, 2.75) is 13.8 Å². The van der Waals surface area contributed by atoms with E-state index in [2.05, 4.69) is 15.3 Å². The molecule has 114 valence electrons. The van der Waals surface area contributed by atoms with E-state index in [1.54, 1.807) is 19.6 Å². The van der Waals surface area contributed by atoms with Crippen LogP contribution in [0.1, 0.15) is 11.1 Å². The van der Waals surface area contributed by atoms with E-state index in [1.807, 2.05) is 37.6 Å². The molecule has 3 rings (SSSR count). The minimum Gasteiger partial charge on any atom is -0.496 e. The van der Waals surface area contributed by atoms with Gasteiger partial charge in [0.1, 0.15) is 17.0 Å². The van der Waals surface area contributed by atoms with Crippen molar-refractivity contribution in [1.82, 2.24) is 14.5 Å². The Morgan fingerprint density at radius 3 is 2.68 bits per heavy atom. The lowest BCUT2D eigenvalue weighted by atomic mass is 10.1. The van der Waals surface area contributed by atoms with Gasteiger partial charge in [0.25, 0.3) is 0 Å². The Morgan fingerprint density at radius 2 is 1.95 bits per heavy atom. The van der Waals surface area contributed by atoms with Gasteiger partial charge in [-0.05, 0) is 25.5 Å². The monoisotopic (exact) mass is 316 g/mol. The molecular weight excluding hydrogens is 300 g/mol. The van der Waals surface area contributed by atoms with E-state index in [-0.39, 0.29) is 0 Å². The van der Waals surface area contributed by atoms with E-state index in [4.69, 9.17) is 16.3 Å². The van der Waals surface area contributed by atoms with E-state index in [9.17, 15) is 0 Å². The number of imidazole rings is 1. The largest absolute Gasteiger partial charge is 0.496 e. The van der Waals surface area contributed by atoms with Crippen molar-refractivity contribution in [1.29, 1.82) is 0 Å². The molecule has 0 aliphatic carbocycles. The Hall–Kier alpha value is -2.27. The predicted molar refractivity (Wildman–Crippen MR) is 89.3 cm³/mol. The number of fused-ring (bicyclic) bond motifs is 1. The topological polar surface area (TPSA) is 52.0 Å². The summed E-state index contributed by atoms with van der Waals surface area (Å²) < 4.78 is 7.30. The van der Waals surface area contributed by atoms with Gasteiger partial charge >= 0.3 is 0 Å². The molecule has 1 aromatic carbocycles. The summed E-state index contributed by atoms with van der Waals surface area (Å²) in [5.74, 6) is 0.824. The van der Waals surface area contributed by atoms with Crippen molar-refractivity contribution in [3.8, 4) is 5.75 Å².